The van der Waals surface area contributed by atoms with E-state index in [0.717, 1.165) is 12.1 Å². The molecule has 0 spiro atoms. The minimum absolute atomic E-state index is 0.0103. The molecule has 0 unspecified atom stereocenters. The first-order valence-corrected chi connectivity index (χ1v) is 9.81. The number of carbonyl (C=O) groups excluding carboxylic acids is 6. The molecular weight excluding hydrogens is 480 g/mol. The summed E-state index contributed by atoms with van der Waals surface area (Å²) in [6.07, 6.45) is -0.383. The van der Waals surface area contributed by atoms with E-state index in [1.54, 1.807) is 6.92 Å². The number of ether oxygens (including phenoxy) is 2. The maximum absolute atomic E-state index is 12.6. The molecule has 2 aromatic rings. The topological polar surface area (TPSA) is 121 Å². The fourth-order valence-corrected chi connectivity index (χ4v) is 2.84. The second-order valence-corrected chi connectivity index (χ2v) is 7.01. The lowest BCUT2D eigenvalue weighted by Gasteiger charge is -1.96. The predicted octanol–water partition coefficient (Wildman–Crippen LogP) is 3.54. The summed E-state index contributed by atoms with van der Waals surface area (Å²) in [4.78, 5) is 64.3. The Hall–Kier alpha value is -4.22. The van der Waals surface area contributed by atoms with Crippen LogP contribution < -0.4 is 0 Å². The van der Waals surface area contributed by atoms with Crippen molar-refractivity contribution in [1.29, 1.82) is 0 Å². The van der Waals surface area contributed by atoms with E-state index in [2.05, 4.69) is 9.47 Å². The van der Waals surface area contributed by atoms with Crippen LogP contribution in [0.3, 0.4) is 0 Å². The zero-order valence-corrected chi connectivity index (χ0v) is 18.2. The number of halogens is 4. The van der Waals surface area contributed by atoms with Gasteiger partial charge in [-0.3, -0.25) is 19.2 Å². The number of carbonyl (C=O) groups is 6. The van der Waals surface area contributed by atoms with Gasteiger partial charge in [0.2, 0.25) is 0 Å². The number of hydrogen-bond acceptors (Lipinski definition) is 8. The molecule has 8 nitrogen and oxygen atoms in total. The Bertz CT molecular complexity index is 1090. The Balaban J connectivity index is 0.000000190. The first kappa shape index (κ1) is 27.0. The van der Waals surface area contributed by atoms with Crippen molar-refractivity contribution in [2.75, 3.05) is 6.61 Å². The summed E-state index contributed by atoms with van der Waals surface area (Å²) in [6.45, 7) is 3.40. The van der Waals surface area contributed by atoms with E-state index in [1.807, 2.05) is 0 Å². The van der Waals surface area contributed by atoms with Crippen LogP contribution in [0.25, 0.3) is 0 Å². The molecule has 0 saturated carbocycles. The average Bonchev–Trinajstić information content (AvgIpc) is 3.18. The fourth-order valence-electron chi connectivity index (χ4n) is 2.84. The Morgan fingerprint density at radius 3 is 1.49 bits per heavy atom. The van der Waals surface area contributed by atoms with Crippen LogP contribution in [0.15, 0.2) is 24.3 Å². The van der Waals surface area contributed by atoms with Crippen LogP contribution in [0.1, 0.15) is 68.1 Å². The Kier molecular flexibility index (Phi) is 8.70. The van der Waals surface area contributed by atoms with Crippen LogP contribution in [-0.4, -0.2) is 41.9 Å². The Morgan fingerprint density at radius 1 is 0.771 bits per heavy atom. The van der Waals surface area contributed by atoms with E-state index < -0.39 is 52.7 Å². The molecule has 0 radical (unpaired) electrons. The summed E-state index contributed by atoms with van der Waals surface area (Å²) in [5.74, 6) is -7.92. The molecule has 0 bridgehead atoms. The van der Waals surface area contributed by atoms with Gasteiger partial charge in [0.25, 0.3) is 0 Å². The van der Waals surface area contributed by atoms with Gasteiger partial charge in [-0.25, -0.2) is 27.2 Å². The van der Waals surface area contributed by atoms with E-state index in [4.69, 9.17) is 0 Å². The molecule has 0 aromatic heterocycles. The zero-order valence-electron chi connectivity index (χ0n) is 18.2. The third-order valence-electron chi connectivity index (χ3n) is 4.37. The molecular formula is C23H16F4O8. The van der Waals surface area contributed by atoms with E-state index in [9.17, 15) is 46.3 Å². The summed E-state index contributed by atoms with van der Waals surface area (Å²) in [5.41, 5.74) is -0.486. The normalized spacial score (nSPS) is 13.1. The molecule has 0 amide bonds. The van der Waals surface area contributed by atoms with Crippen molar-refractivity contribution in [3.05, 3.63) is 69.8 Å². The maximum Gasteiger partial charge on any atom is 0.347 e. The summed E-state index contributed by atoms with van der Waals surface area (Å²) < 4.78 is 59.1. The van der Waals surface area contributed by atoms with Crippen LogP contribution in [-0.2, 0) is 19.1 Å². The smallest absolute Gasteiger partial charge is 0.347 e. The highest BCUT2D eigenvalue weighted by atomic mass is 19.2. The fraction of sp³-hybridized carbons (Fsp3) is 0.217. The lowest BCUT2D eigenvalue weighted by Crippen LogP contribution is -2.07. The minimum Gasteiger partial charge on any atom is -0.466 e. The van der Waals surface area contributed by atoms with Crippen molar-refractivity contribution < 1.29 is 55.8 Å². The standard InChI is InChI=1S/C9H4F2O2.C8H2F2O3.C6H10O3/c10-6-1-4-5(2-7(6)11)9(13)3-8(4)12;9-5-1-3-4(2-6(5)10)8(12)13-7(3)11;1-3-9-6(8)4-5(2)7/h1-2H,3H2;1-2H;3-4H2,1-2H3. The van der Waals surface area contributed by atoms with Crippen LogP contribution in [0, 0.1) is 23.3 Å². The van der Waals surface area contributed by atoms with Crippen molar-refractivity contribution in [1.82, 2.24) is 0 Å². The molecule has 184 valence electrons. The van der Waals surface area contributed by atoms with E-state index in [1.165, 1.54) is 6.92 Å². The first-order valence-electron chi connectivity index (χ1n) is 9.81. The molecule has 0 atom stereocenters. The van der Waals surface area contributed by atoms with Gasteiger partial charge in [-0.05, 0) is 38.1 Å². The highest BCUT2D eigenvalue weighted by Crippen LogP contribution is 2.24. The van der Waals surface area contributed by atoms with Gasteiger partial charge in [-0.2, -0.15) is 0 Å². The van der Waals surface area contributed by atoms with Crippen LogP contribution in [0.4, 0.5) is 17.6 Å². The summed E-state index contributed by atoms with van der Waals surface area (Å²) in [7, 11) is 0. The van der Waals surface area contributed by atoms with Crippen molar-refractivity contribution in [3.8, 4) is 0 Å². The van der Waals surface area contributed by atoms with E-state index >= 15 is 0 Å². The van der Waals surface area contributed by atoms with Crippen molar-refractivity contribution in [2.45, 2.75) is 26.7 Å². The third-order valence-corrected chi connectivity index (χ3v) is 4.37. The number of hydrogen-bond donors (Lipinski definition) is 0. The molecule has 0 saturated heterocycles. The molecule has 1 aliphatic carbocycles. The number of fused-ring (bicyclic) bond motifs is 2. The molecule has 2 aromatic carbocycles. The summed E-state index contributed by atoms with van der Waals surface area (Å²) in [6, 6.07) is 2.85. The molecule has 2 aliphatic rings. The first-order chi connectivity index (χ1) is 16.3. The summed E-state index contributed by atoms with van der Waals surface area (Å²) in [5, 5.41) is 0. The number of cyclic esters (lactones) is 2. The van der Waals surface area contributed by atoms with Gasteiger partial charge >= 0.3 is 17.9 Å². The molecule has 0 N–H and O–H groups in total. The Morgan fingerprint density at radius 2 is 1.14 bits per heavy atom. The van der Waals surface area contributed by atoms with Gasteiger partial charge in [-0.1, -0.05) is 0 Å². The monoisotopic (exact) mass is 496 g/mol. The quantitative estimate of drug-likeness (QED) is 0.360. The molecule has 1 aliphatic heterocycles. The van der Waals surface area contributed by atoms with Crippen LogP contribution >= 0.6 is 0 Å². The van der Waals surface area contributed by atoms with E-state index in [-0.39, 0.29) is 40.9 Å². The van der Waals surface area contributed by atoms with Gasteiger partial charge in [-0.15, -0.1) is 0 Å². The zero-order chi connectivity index (χ0) is 26.4. The SMILES string of the molecule is CCOC(=O)CC(C)=O.O=C1CC(=O)c2cc(F)c(F)cc21.O=C1OC(=O)c2cc(F)c(F)cc21. The van der Waals surface area contributed by atoms with Crippen LogP contribution in [0.5, 0.6) is 0 Å². The molecule has 0 fully saturated rings. The second kappa shape index (κ2) is 11.3. The van der Waals surface area contributed by atoms with Gasteiger partial charge in [0.05, 0.1) is 24.2 Å². The van der Waals surface area contributed by atoms with Crippen molar-refractivity contribution in [3.63, 3.8) is 0 Å². The molecule has 12 heteroatoms. The Labute approximate surface area is 194 Å². The van der Waals surface area contributed by atoms with Crippen molar-refractivity contribution >= 4 is 35.3 Å². The van der Waals surface area contributed by atoms with Gasteiger partial charge < -0.3 is 9.47 Å². The van der Waals surface area contributed by atoms with Crippen LogP contribution in [0.2, 0.25) is 0 Å². The highest BCUT2D eigenvalue weighted by molar-refractivity contribution is 6.24. The average molecular weight is 496 g/mol. The van der Waals surface area contributed by atoms with Gasteiger partial charge in [0.15, 0.2) is 34.8 Å². The lowest BCUT2D eigenvalue weighted by molar-refractivity contribution is -0.145. The largest absolute Gasteiger partial charge is 0.466 e. The number of benzene rings is 2. The van der Waals surface area contributed by atoms with Gasteiger partial charge in [0, 0.05) is 11.1 Å². The minimum atomic E-state index is -1.18. The third kappa shape index (κ3) is 6.65. The lowest BCUT2D eigenvalue weighted by atomic mass is 10.1. The maximum atomic E-state index is 12.6. The predicted molar refractivity (Wildman–Crippen MR) is 108 cm³/mol. The highest BCUT2D eigenvalue weighted by Gasteiger charge is 2.31. The molecule has 4 rings (SSSR count). The number of ketones is 3. The molecule has 35 heavy (non-hydrogen) atoms. The number of esters is 3. The number of rotatable bonds is 3. The second-order valence-electron chi connectivity index (χ2n) is 7.01. The van der Waals surface area contributed by atoms with E-state index in [0.29, 0.717) is 18.7 Å². The number of Topliss-reactive ketones (excluding diaryl/α,β-unsaturated/α-hetero) is 3. The van der Waals surface area contributed by atoms with Gasteiger partial charge in [0.1, 0.15) is 12.2 Å². The molecule has 1 heterocycles. The van der Waals surface area contributed by atoms with Crippen molar-refractivity contribution in [2.24, 2.45) is 0 Å². The summed E-state index contributed by atoms with van der Waals surface area (Å²) >= 11 is 0.